The van der Waals surface area contributed by atoms with E-state index in [1.54, 1.807) is 18.3 Å². The molecule has 0 saturated carbocycles. The molecule has 0 radical (unpaired) electrons. The van der Waals surface area contributed by atoms with Crippen molar-refractivity contribution in [1.82, 2.24) is 10.3 Å². The van der Waals surface area contributed by atoms with Crippen molar-refractivity contribution in [3.63, 3.8) is 0 Å². The zero-order valence-corrected chi connectivity index (χ0v) is 8.54. The van der Waals surface area contributed by atoms with Crippen LogP contribution in [0.5, 0.6) is 0 Å². The summed E-state index contributed by atoms with van der Waals surface area (Å²) < 4.78 is 35.7. The Bertz CT molecular complexity index is 303. The van der Waals surface area contributed by atoms with E-state index in [9.17, 15) is 13.2 Å². The minimum atomic E-state index is -4.56. The van der Waals surface area contributed by atoms with Crippen molar-refractivity contribution in [3.05, 3.63) is 30.1 Å². The molecule has 0 unspecified atom stereocenters. The Balaban J connectivity index is 2.18. The Kier molecular flexibility index (Phi) is 4.70. The monoisotopic (exact) mass is 234 g/mol. The SMILES string of the molecule is O[C@@H](CNCCc1ccccn1)C(F)(F)F. The largest absolute Gasteiger partial charge is 0.415 e. The van der Waals surface area contributed by atoms with Crippen LogP contribution < -0.4 is 5.32 Å². The number of aliphatic hydroxyl groups is 1. The lowest BCUT2D eigenvalue weighted by Gasteiger charge is -2.14. The van der Waals surface area contributed by atoms with E-state index < -0.39 is 18.8 Å². The molecule has 0 fully saturated rings. The molecule has 0 aliphatic heterocycles. The van der Waals surface area contributed by atoms with Gasteiger partial charge in [0.1, 0.15) is 0 Å². The maximum atomic E-state index is 11.9. The van der Waals surface area contributed by atoms with Crippen molar-refractivity contribution in [2.75, 3.05) is 13.1 Å². The zero-order valence-electron chi connectivity index (χ0n) is 8.54. The Morgan fingerprint density at radius 2 is 2.12 bits per heavy atom. The molecular formula is C10H13F3N2O. The van der Waals surface area contributed by atoms with Crippen molar-refractivity contribution in [3.8, 4) is 0 Å². The fraction of sp³-hybridized carbons (Fsp3) is 0.500. The first kappa shape index (κ1) is 12.9. The fourth-order valence-corrected chi connectivity index (χ4v) is 1.12. The Morgan fingerprint density at radius 3 is 2.69 bits per heavy atom. The molecule has 1 atom stereocenters. The number of pyridine rings is 1. The number of alkyl halides is 3. The van der Waals surface area contributed by atoms with E-state index in [1.165, 1.54) is 0 Å². The van der Waals surface area contributed by atoms with Crippen LogP contribution in [0.1, 0.15) is 5.69 Å². The summed E-state index contributed by atoms with van der Waals surface area (Å²) in [6.45, 7) is -0.138. The van der Waals surface area contributed by atoms with Gasteiger partial charge in [-0.1, -0.05) is 6.07 Å². The summed E-state index contributed by atoms with van der Waals surface area (Å²) in [4.78, 5) is 4.02. The summed E-state index contributed by atoms with van der Waals surface area (Å²) in [5.74, 6) is 0. The molecule has 0 aliphatic rings. The van der Waals surface area contributed by atoms with Crippen LogP contribution in [0.25, 0.3) is 0 Å². The van der Waals surface area contributed by atoms with E-state index in [-0.39, 0.29) is 0 Å². The molecule has 0 bridgehead atoms. The molecule has 16 heavy (non-hydrogen) atoms. The summed E-state index contributed by atoms with van der Waals surface area (Å²) in [7, 11) is 0. The first-order valence-corrected chi connectivity index (χ1v) is 4.85. The second-order valence-electron chi connectivity index (χ2n) is 3.33. The van der Waals surface area contributed by atoms with Crippen LogP contribution in [0.2, 0.25) is 0 Å². The van der Waals surface area contributed by atoms with Gasteiger partial charge in [-0.05, 0) is 12.1 Å². The highest BCUT2D eigenvalue weighted by Crippen LogP contribution is 2.18. The zero-order chi connectivity index (χ0) is 12.0. The minimum absolute atomic E-state index is 0.351. The molecule has 0 saturated heterocycles. The number of nitrogens with zero attached hydrogens (tertiary/aromatic N) is 1. The van der Waals surface area contributed by atoms with Gasteiger partial charge in [-0.15, -0.1) is 0 Å². The van der Waals surface area contributed by atoms with Crippen molar-refractivity contribution < 1.29 is 18.3 Å². The minimum Gasteiger partial charge on any atom is -0.382 e. The fourth-order valence-electron chi connectivity index (χ4n) is 1.12. The quantitative estimate of drug-likeness (QED) is 0.751. The van der Waals surface area contributed by atoms with E-state index >= 15 is 0 Å². The number of aliphatic hydroxyl groups excluding tert-OH is 1. The van der Waals surface area contributed by atoms with Gasteiger partial charge in [-0.25, -0.2) is 0 Å². The number of hydrogen-bond donors (Lipinski definition) is 2. The van der Waals surface area contributed by atoms with Crippen molar-refractivity contribution in [1.29, 1.82) is 0 Å². The molecule has 2 N–H and O–H groups in total. The van der Waals surface area contributed by atoms with E-state index in [4.69, 9.17) is 5.11 Å². The molecule has 1 heterocycles. The molecule has 90 valence electrons. The topological polar surface area (TPSA) is 45.1 Å². The van der Waals surface area contributed by atoms with Crippen LogP contribution in [0.3, 0.4) is 0 Å². The maximum Gasteiger partial charge on any atom is 0.415 e. The molecule has 0 spiro atoms. The van der Waals surface area contributed by atoms with Gasteiger partial charge in [0.15, 0.2) is 6.10 Å². The number of nitrogens with one attached hydrogen (secondary N) is 1. The molecule has 0 aliphatic carbocycles. The van der Waals surface area contributed by atoms with Crippen molar-refractivity contribution >= 4 is 0 Å². The lowest BCUT2D eigenvalue weighted by molar-refractivity contribution is -0.201. The molecule has 0 aromatic carbocycles. The van der Waals surface area contributed by atoms with E-state index in [0.29, 0.717) is 13.0 Å². The highest BCUT2D eigenvalue weighted by Gasteiger charge is 2.37. The van der Waals surface area contributed by atoms with E-state index in [0.717, 1.165) is 5.69 Å². The third kappa shape index (κ3) is 4.59. The van der Waals surface area contributed by atoms with Crippen LogP contribution >= 0.6 is 0 Å². The number of halogens is 3. The molecule has 1 aromatic rings. The molecule has 1 aromatic heterocycles. The first-order chi connectivity index (χ1) is 7.50. The summed E-state index contributed by atoms with van der Waals surface area (Å²) in [5, 5.41) is 11.2. The van der Waals surface area contributed by atoms with Gasteiger partial charge in [0.25, 0.3) is 0 Å². The van der Waals surface area contributed by atoms with Crippen molar-refractivity contribution in [2.24, 2.45) is 0 Å². The predicted octanol–water partition coefficient (Wildman–Crippen LogP) is 1.14. The highest BCUT2D eigenvalue weighted by atomic mass is 19.4. The normalized spacial score (nSPS) is 13.8. The second-order valence-corrected chi connectivity index (χ2v) is 3.33. The molecule has 3 nitrogen and oxygen atoms in total. The molecule has 0 amide bonds. The van der Waals surface area contributed by atoms with Crippen LogP contribution in [0, 0.1) is 0 Å². The third-order valence-corrected chi connectivity index (χ3v) is 2.00. The van der Waals surface area contributed by atoms with Crippen LogP contribution in [-0.2, 0) is 6.42 Å². The second kappa shape index (κ2) is 5.81. The smallest absolute Gasteiger partial charge is 0.382 e. The number of hydrogen-bond acceptors (Lipinski definition) is 3. The van der Waals surface area contributed by atoms with Gasteiger partial charge < -0.3 is 10.4 Å². The summed E-state index contributed by atoms with van der Waals surface area (Å²) in [6, 6.07) is 5.37. The average Bonchev–Trinajstić information content (AvgIpc) is 2.24. The molecular weight excluding hydrogens is 221 g/mol. The summed E-state index contributed by atoms with van der Waals surface area (Å²) in [5.41, 5.74) is 0.802. The van der Waals surface area contributed by atoms with Gasteiger partial charge in [0.05, 0.1) is 0 Å². The molecule has 6 heteroatoms. The predicted molar refractivity (Wildman–Crippen MR) is 52.9 cm³/mol. The lowest BCUT2D eigenvalue weighted by Crippen LogP contribution is -2.39. The van der Waals surface area contributed by atoms with Gasteiger partial charge in [0.2, 0.25) is 0 Å². The Labute approximate surface area is 91.3 Å². The van der Waals surface area contributed by atoms with E-state index in [1.807, 2.05) is 6.07 Å². The number of rotatable bonds is 5. The van der Waals surface area contributed by atoms with Crippen LogP contribution in [-0.4, -0.2) is 35.5 Å². The van der Waals surface area contributed by atoms with Gasteiger partial charge >= 0.3 is 6.18 Å². The van der Waals surface area contributed by atoms with E-state index in [2.05, 4.69) is 10.3 Å². The van der Waals surface area contributed by atoms with Crippen LogP contribution in [0.15, 0.2) is 24.4 Å². The van der Waals surface area contributed by atoms with Gasteiger partial charge in [-0.3, -0.25) is 4.98 Å². The highest BCUT2D eigenvalue weighted by molar-refractivity contribution is 5.03. The summed E-state index contributed by atoms with van der Waals surface area (Å²) in [6.07, 6.45) is -4.71. The lowest BCUT2D eigenvalue weighted by atomic mass is 10.2. The van der Waals surface area contributed by atoms with Gasteiger partial charge in [0, 0.05) is 31.4 Å². The Morgan fingerprint density at radius 1 is 1.38 bits per heavy atom. The first-order valence-electron chi connectivity index (χ1n) is 4.85. The van der Waals surface area contributed by atoms with Crippen molar-refractivity contribution in [2.45, 2.75) is 18.7 Å². The molecule has 1 rings (SSSR count). The van der Waals surface area contributed by atoms with Gasteiger partial charge in [-0.2, -0.15) is 13.2 Å². The third-order valence-electron chi connectivity index (χ3n) is 2.00. The Hall–Kier alpha value is -1.14. The van der Waals surface area contributed by atoms with Crippen LogP contribution in [0.4, 0.5) is 13.2 Å². The standard InChI is InChI=1S/C10H13F3N2O/c11-10(12,13)9(16)7-14-6-4-8-3-1-2-5-15-8/h1-3,5,9,14,16H,4,6-7H2/t9-/m0/s1. The summed E-state index contributed by atoms with van der Waals surface area (Å²) >= 11 is 0. The number of aromatic nitrogens is 1. The average molecular weight is 234 g/mol. The maximum absolute atomic E-state index is 11.9.